The van der Waals surface area contributed by atoms with E-state index in [2.05, 4.69) is 5.32 Å². The highest BCUT2D eigenvalue weighted by atomic mass is 16.1. The van der Waals surface area contributed by atoms with Gasteiger partial charge in [-0.15, -0.1) is 0 Å². The molecule has 0 aliphatic heterocycles. The number of carbonyl (C=O) groups excluding carboxylic acids is 1. The lowest BCUT2D eigenvalue weighted by Crippen LogP contribution is -2.17. The van der Waals surface area contributed by atoms with E-state index in [4.69, 9.17) is 0 Å². The molecular weight excluding hydrogens is 126 g/mol. The largest absolute Gasteiger partial charge is 0.394 e. The summed E-state index contributed by atoms with van der Waals surface area (Å²) in [5.41, 5.74) is -0.257. The summed E-state index contributed by atoms with van der Waals surface area (Å²) in [6.45, 7) is 5.69. The van der Waals surface area contributed by atoms with Crippen molar-refractivity contribution in [1.29, 1.82) is 0 Å². The van der Waals surface area contributed by atoms with Crippen LogP contribution in [0.5, 0.6) is 0 Å². The molecule has 0 unspecified atom stereocenters. The van der Waals surface area contributed by atoms with Crippen LogP contribution in [-0.4, -0.2) is 12.8 Å². The summed E-state index contributed by atoms with van der Waals surface area (Å²) >= 11 is 0. The zero-order valence-electron chi connectivity index (χ0n) is 7.06. The van der Waals surface area contributed by atoms with E-state index in [0.29, 0.717) is 0 Å². The second-order valence-electron chi connectivity index (χ2n) is 3.24. The minimum atomic E-state index is -0.257. The van der Waals surface area contributed by atoms with Crippen molar-refractivity contribution < 1.29 is 4.79 Å². The second-order valence-corrected chi connectivity index (χ2v) is 3.24. The molecule has 0 radical (unpaired) electrons. The summed E-state index contributed by atoms with van der Waals surface area (Å²) in [4.78, 5) is 11.1. The van der Waals surface area contributed by atoms with Crippen LogP contribution in [0.4, 0.5) is 0 Å². The number of hydrogen-bond donors (Lipinski definition) is 1. The van der Waals surface area contributed by atoms with Gasteiger partial charge in [-0.3, -0.25) is 4.79 Å². The van der Waals surface area contributed by atoms with Gasteiger partial charge in [-0.05, 0) is 12.3 Å². The number of ketones is 1. The fraction of sp³-hybridized carbons (Fsp3) is 0.625. The van der Waals surface area contributed by atoms with Gasteiger partial charge in [0.25, 0.3) is 0 Å². The Hall–Kier alpha value is -0.790. The molecule has 0 aliphatic carbocycles. The van der Waals surface area contributed by atoms with E-state index in [1.54, 1.807) is 19.3 Å². The molecule has 0 bridgehead atoms. The van der Waals surface area contributed by atoms with E-state index in [0.717, 1.165) is 0 Å². The number of nitrogens with one attached hydrogen (secondary N) is 1. The fourth-order valence-corrected chi connectivity index (χ4v) is 0.409. The molecule has 0 heterocycles. The van der Waals surface area contributed by atoms with Crippen LogP contribution < -0.4 is 5.32 Å². The highest BCUT2D eigenvalue weighted by Crippen LogP contribution is 2.14. The summed E-state index contributed by atoms with van der Waals surface area (Å²) in [6, 6.07) is 0. The van der Waals surface area contributed by atoms with Gasteiger partial charge in [0.1, 0.15) is 0 Å². The molecule has 0 amide bonds. The van der Waals surface area contributed by atoms with E-state index in [-0.39, 0.29) is 11.2 Å². The van der Waals surface area contributed by atoms with Crippen molar-refractivity contribution >= 4 is 5.78 Å². The molecule has 10 heavy (non-hydrogen) atoms. The Balaban J connectivity index is 3.98. The van der Waals surface area contributed by atoms with Crippen LogP contribution in [0.15, 0.2) is 12.3 Å². The van der Waals surface area contributed by atoms with E-state index >= 15 is 0 Å². The molecule has 1 N–H and O–H groups in total. The molecule has 0 aliphatic rings. The quantitative estimate of drug-likeness (QED) is 0.588. The average molecular weight is 141 g/mol. The minimum Gasteiger partial charge on any atom is -0.394 e. The van der Waals surface area contributed by atoms with Crippen LogP contribution in [0.2, 0.25) is 0 Å². The van der Waals surface area contributed by atoms with Crippen molar-refractivity contribution in [2.24, 2.45) is 5.41 Å². The molecule has 0 spiro atoms. The summed E-state index contributed by atoms with van der Waals surface area (Å²) < 4.78 is 0. The minimum absolute atomic E-state index is 0.141. The van der Waals surface area contributed by atoms with Crippen molar-refractivity contribution in [2.45, 2.75) is 20.8 Å². The summed E-state index contributed by atoms with van der Waals surface area (Å²) in [5, 5.41) is 2.77. The molecule has 0 saturated carbocycles. The van der Waals surface area contributed by atoms with Gasteiger partial charge in [0.15, 0.2) is 5.78 Å². The maximum Gasteiger partial charge on any atom is 0.162 e. The van der Waals surface area contributed by atoms with Crippen molar-refractivity contribution in [3.05, 3.63) is 12.3 Å². The summed E-state index contributed by atoms with van der Waals surface area (Å²) in [5.74, 6) is 0.141. The fourth-order valence-electron chi connectivity index (χ4n) is 0.409. The first kappa shape index (κ1) is 9.21. The Bertz CT molecular complexity index is 142. The van der Waals surface area contributed by atoms with Gasteiger partial charge in [-0.1, -0.05) is 20.8 Å². The van der Waals surface area contributed by atoms with Crippen LogP contribution in [0.3, 0.4) is 0 Å². The maximum atomic E-state index is 11.1. The Morgan fingerprint density at radius 1 is 1.40 bits per heavy atom. The van der Waals surface area contributed by atoms with Gasteiger partial charge >= 0.3 is 0 Å². The van der Waals surface area contributed by atoms with Gasteiger partial charge in [-0.2, -0.15) is 0 Å². The van der Waals surface area contributed by atoms with Crippen molar-refractivity contribution in [1.82, 2.24) is 5.32 Å². The zero-order chi connectivity index (χ0) is 8.20. The molecule has 0 fully saturated rings. The Morgan fingerprint density at radius 3 is 2.20 bits per heavy atom. The molecule has 2 nitrogen and oxygen atoms in total. The smallest absolute Gasteiger partial charge is 0.162 e. The van der Waals surface area contributed by atoms with E-state index in [1.165, 1.54) is 0 Å². The monoisotopic (exact) mass is 141 g/mol. The maximum absolute atomic E-state index is 11.1. The first-order chi connectivity index (χ1) is 4.48. The number of carbonyl (C=O) groups is 1. The van der Waals surface area contributed by atoms with Crippen molar-refractivity contribution in [3.8, 4) is 0 Å². The Kier molecular flexibility index (Phi) is 3.13. The molecule has 2 heteroatoms. The third-order valence-corrected chi connectivity index (χ3v) is 1.14. The SMILES string of the molecule is CN/C=C/C(=O)C(C)(C)C. The number of hydrogen-bond acceptors (Lipinski definition) is 2. The van der Waals surface area contributed by atoms with Crippen LogP contribution in [-0.2, 0) is 4.79 Å². The summed E-state index contributed by atoms with van der Waals surface area (Å²) in [7, 11) is 1.77. The van der Waals surface area contributed by atoms with E-state index in [1.807, 2.05) is 20.8 Å². The highest BCUT2D eigenvalue weighted by molar-refractivity contribution is 5.93. The molecular formula is C8H15NO. The third-order valence-electron chi connectivity index (χ3n) is 1.14. The first-order valence-corrected chi connectivity index (χ1v) is 3.36. The molecule has 0 aromatic carbocycles. The average Bonchev–Trinajstić information content (AvgIpc) is 1.80. The number of rotatable bonds is 2. The Labute approximate surface area is 62.3 Å². The van der Waals surface area contributed by atoms with Gasteiger partial charge < -0.3 is 5.32 Å². The topological polar surface area (TPSA) is 29.1 Å². The van der Waals surface area contributed by atoms with Crippen LogP contribution >= 0.6 is 0 Å². The molecule has 58 valence electrons. The Morgan fingerprint density at radius 2 is 1.90 bits per heavy atom. The van der Waals surface area contributed by atoms with Gasteiger partial charge in [0.05, 0.1) is 0 Å². The molecule has 0 aromatic heterocycles. The molecule has 0 rings (SSSR count). The second kappa shape index (κ2) is 3.40. The number of allylic oxidation sites excluding steroid dienone is 1. The third kappa shape index (κ3) is 3.28. The lowest BCUT2D eigenvalue weighted by atomic mass is 9.91. The predicted octanol–water partition coefficient (Wildman–Crippen LogP) is 1.33. The van der Waals surface area contributed by atoms with Gasteiger partial charge in [0, 0.05) is 12.5 Å². The molecule has 0 saturated heterocycles. The van der Waals surface area contributed by atoms with Gasteiger partial charge in [-0.25, -0.2) is 0 Å². The normalized spacial score (nSPS) is 12.0. The lowest BCUT2D eigenvalue weighted by Gasteiger charge is -2.12. The summed E-state index contributed by atoms with van der Waals surface area (Å²) in [6.07, 6.45) is 3.20. The van der Waals surface area contributed by atoms with Crippen LogP contribution in [0.25, 0.3) is 0 Å². The predicted molar refractivity (Wildman–Crippen MR) is 42.7 cm³/mol. The van der Waals surface area contributed by atoms with E-state index < -0.39 is 0 Å². The molecule has 0 aromatic rings. The van der Waals surface area contributed by atoms with E-state index in [9.17, 15) is 4.79 Å². The van der Waals surface area contributed by atoms with Crippen LogP contribution in [0, 0.1) is 5.41 Å². The van der Waals surface area contributed by atoms with Crippen molar-refractivity contribution in [2.75, 3.05) is 7.05 Å². The highest BCUT2D eigenvalue weighted by Gasteiger charge is 2.17. The van der Waals surface area contributed by atoms with Crippen molar-refractivity contribution in [3.63, 3.8) is 0 Å². The lowest BCUT2D eigenvalue weighted by molar-refractivity contribution is -0.121. The standard InChI is InChI=1S/C8H15NO/c1-8(2,3)7(10)5-6-9-4/h5-6,9H,1-4H3/b6-5+. The van der Waals surface area contributed by atoms with Crippen LogP contribution in [0.1, 0.15) is 20.8 Å². The molecule has 0 atom stereocenters. The first-order valence-electron chi connectivity index (χ1n) is 3.36. The van der Waals surface area contributed by atoms with Gasteiger partial charge in [0.2, 0.25) is 0 Å². The zero-order valence-corrected chi connectivity index (χ0v) is 7.06.